The summed E-state index contributed by atoms with van der Waals surface area (Å²) in [7, 11) is 0. The number of thiazole rings is 1. The van der Waals surface area contributed by atoms with Crippen LogP contribution in [0, 0.1) is 11.3 Å². The highest BCUT2D eigenvalue weighted by atomic mass is 32.1. The summed E-state index contributed by atoms with van der Waals surface area (Å²) >= 11 is 1.77. The van der Waals surface area contributed by atoms with Crippen LogP contribution in [-0.4, -0.2) is 37.9 Å². The van der Waals surface area contributed by atoms with Crippen LogP contribution in [0.15, 0.2) is 24.5 Å². The Balaban J connectivity index is 1.63. The third-order valence-electron chi connectivity index (χ3n) is 4.95. The van der Waals surface area contributed by atoms with Crippen LogP contribution in [0.3, 0.4) is 0 Å². The lowest BCUT2D eigenvalue weighted by molar-refractivity contribution is 0.266. The summed E-state index contributed by atoms with van der Waals surface area (Å²) in [5.74, 6) is 0. The van der Waals surface area contributed by atoms with E-state index in [0.29, 0.717) is 5.69 Å². The van der Waals surface area contributed by atoms with Crippen molar-refractivity contribution < 1.29 is 0 Å². The zero-order valence-electron chi connectivity index (χ0n) is 14.3. The van der Waals surface area contributed by atoms with Crippen molar-refractivity contribution in [1.29, 1.82) is 5.26 Å². The van der Waals surface area contributed by atoms with E-state index in [1.165, 1.54) is 10.6 Å². The molecule has 7 heteroatoms. The monoisotopic (exact) mass is 360 g/mol. The van der Waals surface area contributed by atoms with Gasteiger partial charge >= 0.3 is 0 Å². The lowest BCUT2D eigenvalue weighted by Crippen LogP contribution is -2.29. The van der Waals surface area contributed by atoms with Gasteiger partial charge in [0.1, 0.15) is 22.4 Å². The molecular weight excluding hydrogens is 344 g/mol. The lowest BCUT2D eigenvalue weighted by Gasteiger charge is -2.23. The number of likely N-dealkylation sites (N-methyl/N-ethyl adjacent to an activating group) is 1. The van der Waals surface area contributed by atoms with Crippen molar-refractivity contribution in [3.63, 3.8) is 0 Å². The molecule has 0 fully saturated rings. The molecule has 0 aromatic carbocycles. The molecule has 5 rings (SSSR count). The molecule has 0 unspecified atom stereocenters. The predicted octanol–water partition coefficient (Wildman–Crippen LogP) is 3.48. The van der Waals surface area contributed by atoms with Crippen LogP contribution in [-0.2, 0) is 13.0 Å². The summed E-state index contributed by atoms with van der Waals surface area (Å²) in [4.78, 5) is 20.7. The Morgan fingerprint density at radius 3 is 3.04 bits per heavy atom. The molecule has 6 nitrogen and oxygen atoms in total. The van der Waals surface area contributed by atoms with E-state index in [0.717, 1.165) is 58.6 Å². The number of hydrogen-bond donors (Lipinski definition) is 1. The minimum Gasteiger partial charge on any atom is -0.338 e. The van der Waals surface area contributed by atoms with Crippen molar-refractivity contribution in [2.24, 2.45) is 0 Å². The molecule has 1 aliphatic rings. The van der Waals surface area contributed by atoms with Gasteiger partial charge in [-0.25, -0.2) is 15.0 Å². The first-order chi connectivity index (χ1) is 12.7. The topological polar surface area (TPSA) is 81.5 Å². The first kappa shape index (κ1) is 15.4. The van der Waals surface area contributed by atoms with Gasteiger partial charge in [-0.05, 0) is 25.1 Å². The number of H-pyrrole nitrogens is 1. The van der Waals surface area contributed by atoms with Crippen molar-refractivity contribution >= 4 is 33.3 Å². The van der Waals surface area contributed by atoms with E-state index >= 15 is 0 Å². The van der Waals surface area contributed by atoms with Crippen molar-refractivity contribution in [3.8, 4) is 16.6 Å². The van der Waals surface area contributed by atoms with E-state index in [9.17, 15) is 0 Å². The maximum absolute atomic E-state index is 9.12. The molecule has 0 saturated carbocycles. The number of aromatic amines is 1. The van der Waals surface area contributed by atoms with Crippen molar-refractivity contribution in [2.45, 2.75) is 19.9 Å². The Morgan fingerprint density at radius 1 is 1.27 bits per heavy atom. The average Bonchev–Trinajstić information content (AvgIpc) is 3.27. The second-order valence-electron chi connectivity index (χ2n) is 6.48. The average molecular weight is 360 g/mol. The van der Waals surface area contributed by atoms with Gasteiger partial charge in [-0.3, -0.25) is 4.90 Å². The Hall–Kier alpha value is -2.82. The molecular formula is C19H16N6S. The minimum atomic E-state index is 0.410. The second kappa shape index (κ2) is 5.87. The number of hydrogen-bond acceptors (Lipinski definition) is 6. The van der Waals surface area contributed by atoms with E-state index in [2.05, 4.69) is 38.9 Å². The highest BCUT2D eigenvalue weighted by Crippen LogP contribution is 2.34. The van der Waals surface area contributed by atoms with E-state index < -0.39 is 0 Å². The van der Waals surface area contributed by atoms with Crippen LogP contribution in [0.2, 0.25) is 0 Å². The van der Waals surface area contributed by atoms with E-state index in [4.69, 9.17) is 10.2 Å². The number of nitriles is 1. The molecule has 0 aliphatic carbocycles. The highest BCUT2D eigenvalue weighted by Gasteiger charge is 2.20. The summed E-state index contributed by atoms with van der Waals surface area (Å²) in [6.45, 7) is 5.29. The number of fused-ring (bicyclic) bond motifs is 4. The van der Waals surface area contributed by atoms with Crippen molar-refractivity contribution in [1.82, 2.24) is 24.8 Å². The fourth-order valence-electron chi connectivity index (χ4n) is 3.50. The van der Waals surface area contributed by atoms with Gasteiger partial charge in [0.15, 0.2) is 0 Å². The number of aromatic nitrogens is 4. The second-order valence-corrected chi connectivity index (χ2v) is 7.56. The van der Waals surface area contributed by atoms with E-state index in [-0.39, 0.29) is 0 Å². The quantitative estimate of drug-likeness (QED) is 0.592. The SMILES string of the molecule is CCN1CCc2sc(-c3cnc4[nH]c5cnc(C#N)cc5c4c3)nc2C1. The summed E-state index contributed by atoms with van der Waals surface area (Å²) in [6, 6.07) is 6.03. The molecule has 128 valence electrons. The molecule has 1 aliphatic heterocycles. The largest absolute Gasteiger partial charge is 0.338 e. The fraction of sp³-hybridized carbons (Fsp3) is 0.263. The minimum absolute atomic E-state index is 0.410. The van der Waals surface area contributed by atoms with Crippen LogP contribution in [0.1, 0.15) is 23.2 Å². The number of rotatable bonds is 2. The Morgan fingerprint density at radius 2 is 2.19 bits per heavy atom. The Kier molecular flexibility index (Phi) is 3.48. The Labute approximate surface area is 154 Å². The number of nitrogens with one attached hydrogen (secondary N) is 1. The third kappa shape index (κ3) is 2.38. The summed E-state index contributed by atoms with van der Waals surface area (Å²) in [5, 5.41) is 12.1. The van der Waals surface area contributed by atoms with Crippen LogP contribution >= 0.6 is 11.3 Å². The molecule has 0 amide bonds. The van der Waals surface area contributed by atoms with Crippen molar-refractivity contribution in [2.75, 3.05) is 13.1 Å². The molecule has 0 saturated heterocycles. The Bertz CT molecular complexity index is 1180. The zero-order valence-corrected chi connectivity index (χ0v) is 15.1. The number of nitrogens with zero attached hydrogens (tertiary/aromatic N) is 5. The van der Waals surface area contributed by atoms with E-state index in [1.54, 1.807) is 17.5 Å². The van der Waals surface area contributed by atoms with Gasteiger partial charge in [-0.2, -0.15) is 5.26 Å². The summed E-state index contributed by atoms with van der Waals surface area (Å²) < 4.78 is 0. The number of pyridine rings is 2. The molecule has 5 heterocycles. The zero-order chi connectivity index (χ0) is 17.7. The smallest absolute Gasteiger partial charge is 0.141 e. The molecule has 0 spiro atoms. The van der Waals surface area contributed by atoms with Gasteiger partial charge in [-0.1, -0.05) is 6.92 Å². The maximum atomic E-state index is 9.12. The van der Waals surface area contributed by atoms with Crippen molar-refractivity contribution in [3.05, 3.63) is 40.8 Å². The highest BCUT2D eigenvalue weighted by molar-refractivity contribution is 7.15. The van der Waals surface area contributed by atoms with Gasteiger partial charge in [0, 0.05) is 40.5 Å². The first-order valence-corrected chi connectivity index (χ1v) is 9.45. The van der Waals surface area contributed by atoms with Gasteiger partial charge in [0.25, 0.3) is 0 Å². The van der Waals surface area contributed by atoms with Crippen LogP contribution < -0.4 is 0 Å². The molecule has 4 aromatic rings. The van der Waals surface area contributed by atoms with Gasteiger partial charge in [0.2, 0.25) is 0 Å². The van der Waals surface area contributed by atoms with Gasteiger partial charge in [-0.15, -0.1) is 11.3 Å². The normalized spacial score (nSPS) is 14.6. The van der Waals surface area contributed by atoms with Crippen LogP contribution in [0.5, 0.6) is 0 Å². The molecule has 0 bridgehead atoms. The molecule has 26 heavy (non-hydrogen) atoms. The predicted molar refractivity (Wildman–Crippen MR) is 102 cm³/mol. The molecule has 0 atom stereocenters. The summed E-state index contributed by atoms with van der Waals surface area (Å²) in [6.07, 6.45) is 4.63. The third-order valence-corrected chi connectivity index (χ3v) is 6.16. The van der Waals surface area contributed by atoms with E-state index in [1.807, 2.05) is 12.3 Å². The molecule has 4 aromatic heterocycles. The first-order valence-electron chi connectivity index (χ1n) is 8.64. The summed E-state index contributed by atoms with van der Waals surface area (Å²) in [5.41, 5.74) is 4.33. The van der Waals surface area contributed by atoms with Crippen LogP contribution in [0.25, 0.3) is 32.5 Å². The van der Waals surface area contributed by atoms with Crippen LogP contribution in [0.4, 0.5) is 0 Å². The fourth-order valence-corrected chi connectivity index (χ4v) is 4.54. The molecule has 0 radical (unpaired) electrons. The standard InChI is InChI=1S/C19H16N6S/c1-2-25-4-3-17-16(10-25)24-19(26-17)11-5-14-13-6-12(7-20)21-9-15(13)23-18(14)22-8-11/h5-6,8-9H,2-4,10H2,1H3,(H,22,23). The van der Waals surface area contributed by atoms with Gasteiger partial charge in [0.05, 0.1) is 17.4 Å². The maximum Gasteiger partial charge on any atom is 0.141 e. The van der Waals surface area contributed by atoms with Gasteiger partial charge < -0.3 is 4.98 Å². The lowest BCUT2D eigenvalue weighted by atomic mass is 10.1. The molecule has 1 N–H and O–H groups in total.